The monoisotopic (exact) mass is 425 g/mol. The van der Waals surface area contributed by atoms with Crippen LogP contribution in [-0.2, 0) is 0 Å². The van der Waals surface area contributed by atoms with Crippen LogP contribution in [0.3, 0.4) is 0 Å². The van der Waals surface area contributed by atoms with Gasteiger partial charge in [0.25, 0.3) is 0 Å². The fourth-order valence-electron chi connectivity index (χ4n) is 4.26. The highest BCUT2D eigenvalue weighted by molar-refractivity contribution is 5.67. The van der Waals surface area contributed by atoms with Gasteiger partial charge in [0, 0.05) is 29.8 Å². The second-order valence-electron chi connectivity index (χ2n) is 8.42. The summed E-state index contributed by atoms with van der Waals surface area (Å²) in [5, 5.41) is 18.7. The lowest BCUT2D eigenvalue weighted by atomic mass is 9.65. The van der Waals surface area contributed by atoms with Crippen molar-refractivity contribution >= 4 is 5.57 Å². The Balaban J connectivity index is 1.56. The normalized spacial score (nSPS) is 26.0. The van der Waals surface area contributed by atoms with Crippen molar-refractivity contribution in [3.63, 3.8) is 0 Å². The van der Waals surface area contributed by atoms with Crippen molar-refractivity contribution in [1.82, 2.24) is 24.7 Å². The van der Waals surface area contributed by atoms with Crippen molar-refractivity contribution in [3.8, 4) is 22.8 Å². The van der Waals surface area contributed by atoms with Gasteiger partial charge in [0.15, 0.2) is 5.82 Å². The molecule has 8 heteroatoms. The van der Waals surface area contributed by atoms with Crippen molar-refractivity contribution in [2.24, 2.45) is 11.3 Å². The van der Waals surface area contributed by atoms with Gasteiger partial charge in [-0.2, -0.15) is 0 Å². The average Bonchev–Trinajstić information content (AvgIpc) is 3.31. The molecule has 0 bridgehead atoms. The van der Waals surface area contributed by atoms with Crippen LogP contribution in [0.1, 0.15) is 38.8 Å². The Morgan fingerprint density at radius 2 is 2.13 bits per heavy atom. The third-order valence-electron chi connectivity index (χ3n) is 6.39. The molecule has 1 aliphatic rings. The van der Waals surface area contributed by atoms with Crippen LogP contribution in [0.15, 0.2) is 49.7 Å². The standard InChI is InChI=1S/C23H25F2N5O/c1-4-23(3)11-15(24)9-18(21(23)25)14(2)19-12-27-22(29-28-19)17-6-5-16(10-20(17)31)30-8-7-26-13-30/h5-8,10,12-13,15,18,21,31H,2,4,9,11H2,1,3H3/t15-,18+,21+,23+/m1/s1. The zero-order valence-electron chi connectivity index (χ0n) is 17.5. The molecule has 0 spiro atoms. The molecule has 31 heavy (non-hydrogen) atoms. The first-order chi connectivity index (χ1) is 14.8. The SMILES string of the molecule is C=C(c1cnc(-c2ccc(-n3ccnc3)cc2O)nn1)[C@@H]1C[C@@H](F)C[C@](C)(CC)[C@H]1F. The Morgan fingerprint density at radius 1 is 1.32 bits per heavy atom. The van der Waals surface area contributed by atoms with Crippen molar-refractivity contribution in [2.45, 2.75) is 45.5 Å². The number of phenolic OH excluding ortho intramolecular Hbond substituents is 1. The van der Waals surface area contributed by atoms with E-state index in [4.69, 9.17) is 0 Å². The van der Waals surface area contributed by atoms with Gasteiger partial charge < -0.3 is 9.67 Å². The van der Waals surface area contributed by atoms with E-state index in [0.717, 1.165) is 5.69 Å². The third-order valence-corrected chi connectivity index (χ3v) is 6.39. The van der Waals surface area contributed by atoms with Gasteiger partial charge in [0.1, 0.15) is 23.8 Å². The maximum absolute atomic E-state index is 15.2. The number of hydrogen-bond acceptors (Lipinski definition) is 5. The number of imidazole rings is 1. The number of benzene rings is 1. The second kappa shape index (κ2) is 8.17. The molecule has 1 aliphatic carbocycles. The molecule has 1 aromatic carbocycles. The Hall–Kier alpha value is -3.16. The number of halogens is 2. The van der Waals surface area contributed by atoms with Crippen LogP contribution in [0.2, 0.25) is 0 Å². The Kier molecular flexibility index (Phi) is 5.56. The van der Waals surface area contributed by atoms with Gasteiger partial charge in [-0.05, 0) is 37.0 Å². The van der Waals surface area contributed by atoms with Gasteiger partial charge in [0.05, 0.1) is 23.8 Å². The van der Waals surface area contributed by atoms with Crippen molar-refractivity contribution in [2.75, 3.05) is 0 Å². The molecule has 162 valence electrons. The maximum atomic E-state index is 15.2. The zero-order valence-corrected chi connectivity index (χ0v) is 17.5. The molecule has 2 aromatic heterocycles. The molecule has 2 heterocycles. The quantitative estimate of drug-likeness (QED) is 0.626. The summed E-state index contributed by atoms with van der Waals surface area (Å²) in [6.07, 6.45) is 5.04. The van der Waals surface area contributed by atoms with Gasteiger partial charge in [-0.3, -0.25) is 0 Å². The predicted octanol–water partition coefficient (Wildman–Crippen LogP) is 4.95. The molecule has 4 atom stereocenters. The number of aromatic hydroxyl groups is 1. The molecule has 6 nitrogen and oxygen atoms in total. The van der Waals surface area contributed by atoms with E-state index < -0.39 is 23.7 Å². The fourth-order valence-corrected chi connectivity index (χ4v) is 4.26. The summed E-state index contributed by atoms with van der Waals surface area (Å²) in [7, 11) is 0. The highest BCUT2D eigenvalue weighted by Crippen LogP contribution is 2.48. The van der Waals surface area contributed by atoms with E-state index in [2.05, 4.69) is 26.7 Å². The molecule has 1 saturated carbocycles. The molecule has 0 saturated heterocycles. The number of nitrogens with zero attached hydrogens (tertiary/aromatic N) is 5. The summed E-state index contributed by atoms with van der Waals surface area (Å²) < 4.78 is 31.3. The van der Waals surface area contributed by atoms with E-state index >= 15 is 4.39 Å². The first-order valence-corrected chi connectivity index (χ1v) is 10.3. The highest BCUT2D eigenvalue weighted by Gasteiger charge is 2.46. The minimum atomic E-state index is -1.21. The van der Waals surface area contributed by atoms with Crippen molar-refractivity contribution in [3.05, 3.63) is 55.4 Å². The van der Waals surface area contributed by atoms with Gasteiger partial charge >= 0.3 is 0 Å². The molecule has 4 rings (SSSR count). The molecular weight excluding hydrogens is 400 g/mol. The Bertz CT molecular complexity index is 1070. The van der Waals surface area contributed by atoms with Gasteiger partial charge in [0.2, 0.25) is 0 Å². The summed E-state index contributed by atoms with van der Waals surface area (Å²) in [5.74, 6) is -0.443. The number of aromatic nitrogens is 5. The van der Waals surface area contributed by atoms with Crippen molar-refractivity contribution < 1.29 is 13.9 Å². The van der Waals surface area contributed by atoms with Crippen LogP contribution < -0.4 is 0 Å². The van der Waals surface area contributed by atoms with E-state index in [0.29, 0.717) is 23.3 Å². The lowest BCUT2D eigenvalue weighted by molar-refractivity contribution is 0.000456. The molecule has 3 aromatic rings. The largest absolute Gasteiger partial charge is 0.507 e. The lowest BCUT2D eigenvalue weighted by Crippen LogP contribution is -2.43. The average molecular weight is 425 g/mol. The van der Waals surface area contributed by atoms with Crippen LogP contribution in [-0.4, -0.2) is 42.2 Å². The van der Waals surface area contributed by atoms with E-state index in [1.54, 1.807) is 48.4 Å². The molecular formula is C23H25F2N5O. The van der Waals surface area contributed by atoms with Crippen LogP contribution in [0.4, 0.5) is 8.78 Å². The molecule has 0 radical (unpaired) electrons. The van der Waals surface area contributed by atoms with Crippen LogP contribution in [0.5, 0.6) is 5.75 Å². The first kappa shape index (κ1) is 21.1. The number of alkyl halides is 2. The smallest absolute Gasteiger partial charge is 0.185 e. The lowest BCUT2D eigenvalue weighted by Gasteiger charge is -2.43. The Labute approximate surface area is 179 Å². The van der Waals surface area contributed by atoms with E-state index in [-0.39, 0.29) is 24.4 Å². The fraction of sp³-hybridized carbons (Fsp3) is 0.391. The minimum Gasteiger partial charge on any atom is -0.507 e. The van der Waals surface area contributed by atoms with Crippen LogP contribution in [0.25, 0.3) is 22.6 Å². The summed E-state index contributed by atoms with van der Waals surface area (Å²) in [5.41, 5.74) is 1.16. The topological polar surface area (TPSA) is 76.7 Å². The van der Waals surface area contributed by atoms with E-state index in [9.17, 15) is 9.50 Å². The highest BCUT2D eigenvalue weighted by atomic mass is 19.1. The number of rotatable bonds is 5. The van der Waals surface area contributed by atoms with Gasteiger partial charge in [-0.25, -0.2) is 18.7 Å². The third kappa shape index (κ3) is 3.94. The minimum absolute atomic E-state index is 0.00494. The molecule has 0 aliphatic heterocycles. The second-order valence-corrected chi connectivity index (χ2v) is 8.42. The van der Waals surface area contributed by atoms with Gasteiger partial charge in [-0.1, -0.05) is 20.4 Å². The van der Waals surface area contributed by atoms with Gasteiger partial charge in [-0.15, -0.1) is 10.2 Å². The molecule has 0 unspecified atom stereocenters. The number of hydrogen-bond donors (Lipinski definition) is 1. The van der Waals surface area contributed by atoms with E-state index in [1.165, 1.54) is 6.20 Å². The summed E-state index contributed by atoms with van der Waals surface area (Å²) >= 11 is 0. The maximum Gasteiger partial charge on any atom is 0.185 e. The predicted molar refractivity (Wildman–Crippen MR) is 114 cm³/mol. The first-order valence-electron chi connectivity index (χ1n) is 10.3. The van der Waals surface area contributed by atoms with E-state index in [1.807, 2.05) is 6.92 Å². The molecule has 1 N–H and O–H groups in total. The Morgan fingerprint density at radius 3 is 2.74 bits per heavy atom. The van der Waals surface area contributed by atoms with Crippen LogP contribution in [0, 0.1) is 11.3 Å². The molecule has 1 fully saturated rings. The van der Waals surface area contributed by atoms with Crippen molar-refractivity contribution in [1.29, 1.82) is 0 Å². The zero-order chi connectivity index (χ0) is 22.2. The summed E-state index contributed by atoms with van der Waals surface area (Å²) in [6, 6.07) is 5.07. The molecule has 0 amide bonds. The van der Waals surface area contributed by atoms with Crippen LogP contribution >= 0.6 is 0 Å². The number of phenols is 1. The summed E-state index contributed by atoms with van der Waals surface area (Å²) in [6.45, 7) is 7.65. The number of allylic oxidation sites excluding steroid dienone is 1. The summed E-state index contributed by atoms with van der Waals surface area (Å²) in [4.78, 5) is 8.27.